The van der Waals surface area contributed by atoms with Crippen molar-refractivity contribution in [1.29, 1.82) is 0 Å². The molecule has 6 heteroatoms. The van der Waals surface area contributed by atoms with Crippen LogP contribution >= 0.6 is 0 Å². The van der Waals surface area contributed by atoms with Crippen molar-refractivity contribution in [2.45, 2.75) is 0 Å². The van der Waals surface area contributed by atoms with Gasteiger partial charge in [-0.15, -0.1) is 0 Å². The first-order valence-electron chi connectivity index (χ1n) is 26.1. The van der Waals surface area contributed by atoms with E-state index in [2.05, 4.69) is 206 Å². The Hall–Kier alpha value is -10.6. The van der Waals surface area contributed by atoms with Crippen LogP contribution in [-0.4, -0.2) is 29.9 Å². The van der Waals surface area contributed by atoms with E-state index in [1.54, 1.807) is 0 Å². The van der Waals surface area contributed by atoms with E-state index in [0.717, 1.165) is 118 Å². The van der Waals surface area contributed by atoms with Gasteiger partial charge in [-0.2, -0.15) is 0 Å². The van der Waals surface area contributed by atoms with Crippen molar-refractivity contribution in [3.8, 4) is 135 Å². The second kappa shape index (κ2) is 21.4. The lowest BCUT2D eigenvalue weighted by Crippen LogP contribution is -1.99. The summed E-state index contributed by atoms with van der Waals surface area (Å²) in [6.45, 7) is 0. The first-order valence-corrected chi connectivity index (χ1v) is 26.1. The molecule has 10 aromatic carbocycles. The van der Waals surface area contributed by atoms with Crippen molar-refractivity contribution in [2.24, 2.45) is 0 Å². The average molecular weight is 997 g/mol. The maximum absolute atomic E-state index is 5.35. The van der Waals surface area contributed by atoms with Gasteiger partial charge in [0.15, 0.2) is 17.5 Å². The number of nitrogens with zero attached hydrogens (tertiary/aromatic N) is 6. The van der Waals surface area contributed by atoms with Crippen LogP contribution in [0.5, 0.6) is 0 Å². The van der Waals surface area contributed by atoms with Crippen molar-refractivity contribution in [3.63, 3.8) is 0 Å². The zero-order valence-corrected chi connectivity index (χ0v) is 42.4. The van der Waals surface area contributed by atoms with Gasteiger partial charge in [-0.05, 0) is 51.6 Å². The third-order valence-corrected chi connectivity index (χ3v) is 14.0. The van der Waals surface area contributed by atoms with Crippen LogP contribution in [0.4, 0.5) is 0 Å². The Morgan fingerprint density at radius 2 is 0.385 bits per heavy atom. The summed E-state index contributed by atoms with van der Waals surface area (Å²) in [6, 6.07) is 101. The van der Waals surface area contributed by atoms with Crippen molar-refractivity contribution in [1.82, 2.24) is 29.9 Å². The predicted molar refractivity (Wildman–Crippen MR) is 318 cm³/mol. The summed E-state index contributed by atoms with van der Waals surface area (Å²) in [5, 5.41) is 0. The summed E-state index contributed by atoms with van der Waals surface area (Å²) in [6.07, 6.45) is 0. The van der Waals surface area contributed by atoms with Gasteiger partial charge in [0.1, 0.15) is 0 Å². The average Bonchev–Trinajstić information content (AvgIpc) is 3.53. The highest BCUT2D eigenvalue weighted by molar-refractivity contribution is 6.01. The van der Waals surface area contributed by atoms with E-state index in [-0.39, 0.29) is 0 Å². The molecular formula is C72H48N6. The summed E-state index contributed by atoms with van der Waals surface area (Å²) in [4.78, 5) is 31.3. The molecule has 6 nitrogen and oxygen atoms in total. The van der Waals surface area contributed by atoms with Gasteiger partial charge in [-0.1, -0.05) is 273 Å². The molecule has 0 unspecified atom stereocenters. The molecule has 78 heavy (non-hydrogen) atoms. The summed E-state index contributed by atoms with van der Waals surface area (Å²) < 4.78 is 0. The molecule has 0 bridgehead atoms. The monoisotopic (exact) mass is 996 g/mol. The van der Waals surface area contributed by atoms with Crippen LogP contribution in [0.15, 0.2) is 291 Å². The van der Waals surface area contributed by atoms with E-state index in [1.807, 2.05) is 84.9 Å². The van der Waals surface area contributed by atoms with Crippen LogP contribution in [0.3, 0.4) is 0 Å². The summed E-state index contributed by atoms with van der Waals surface area (Å²) in [7, 11) is 0. The molecule has 0 saturated carbocycles. The third kappa shape index (κ3) is 9.69. The minimum Gasteiger partial charge on any atom is -0.228 e. The second-order valence-corrected chi connectivity index (χ2v) is 19.0. The van der Waals surface area contributed by atoms with Crippen LogP contribution in [0.25, 0.3) is 135 Å². The molecule has 0 aliphatic carbocycles. The van der Waals surface area contributed by atoms with Gasteiger partial charge in [0.25, 0.3) is 0 Å². The van der Waals surface area contributed by atoms with E-state index in [0.29, 0.717) is 17.5 Å². The molecule has 0 spiro atoms. The van der Waals surface area contributed by atoms with E-state index >= 15 is 0 Å². The zero-order chi connectivity index (χ0) is 52.0. The molecule has 0 amide bonds. The molecule has 366 valence electrons. The molecular weight excluding hydrogens is 949 g/mol. The largest absolute Gasteiger partial charge is 0.228 e. The number of hydrogen-bond acceptors (Lipinski definition) is 6. The Morgan fingerprint density at radius 3 is 0.718 bits per heavy atom. The maximum atomic E-state index is 5.35. The maximum Gasteiger partial charge on any atom is 0.160 e. The quantitative estimate of drug-likeness (QED) is 0.121. The first-order chi connectivity index (χ1) is 38.7. The minimum absolute atomic E-state index is 0.658. The highest BCUT2D eigenvalue weighted by Gasteiger charge is 2.22. The Labute approximate surface area is 453 Å². The normalized spacial score (nSPS) is 11.1. The van der Waals surface area contributed by atoms with E-state index in [1.165, 1.54) is 0 Å². The van der Waals surface area contributed by atoms with Crippen LogP contribution in [-0.2, 0) is 0 Å². The van der Waals surface area contributed by atoms with Crippen LogP contribution in [0.2, 0.25) is 0 Å². The summed E-state index contributed by atoms with van der Waals surface area (Å²) in [5.74, 6) is 1.99. The smallest absolute Gasteiger partial charge is 0.160 e. The topological polar surface area (TPSA) is 77.3 Å². The van der Waals surface area contributed by atoms with Crippen molar-refractivity contribution in [2.75, 3.05) is 0 Å². The fourth-order valence-electron chi connectivity index (χ4n) is 10.2. The summed E-state index contributed by atoms with van der Waals surface area (Å²) in [5.41, 5.74) is 20.1. The molecule has 3 heterocycles. The molecule has 0 aliphatic rings. The predicted octanol–water partition coefficient (Wildman–Crippen LogP) is 18.1. The standard InChI is InChI=1S/C72H48N6/c1-7-24-49(25-8-1)63-46-64(74-70(73-63)54-30-13-4-14-31-54)52-42-44-53(45-43-52)69-61(57-36-19-21-38-59(57)67-47-65(50-26-9-2-10-27-50)75-71(77-67)55-32-15-5-16-33-55)40-23-41-62(69)58-37-20-22-39-60(58)68-48-66(51-28-11-3-12-29-51)76-72(78-68)56-34-17-6-18-35-56/h1-48H. The molecule has 3 aromatic heterocycles. The van der Waals surface area contributed by atoms with Crippen LogP contribution in [0.1, 0.15) is 0 Å². The second-order valence-electron chi connectivity index (χ2n) is 19.0. The Morgan fingerprint density at radius 1 is 0.154 bits per heavy atom. The van der Waals surface area contributed by atoms with Crippen LogP contribution in [0, 0.1) is 0 Å². The Balaban J connectivity index is 1.02. The lowest BCUT2D eigenvalue weighted by atomic mass is 9.84. The molecule has 13 rings (SSSR count). The highest BCUT2D eigenvalue weighted by Crippen LogP contribution is 2.46. The lowest BCUT2D eigenvalue weighted by Gasteiger charge is -2.21. The third-order valence-electron chi connectivity index (χ3n) is 14.0. The highest BCUT2D eigenvalue weighted by atomic mass is 14.9. The fraction of sp³-hybridized carbons (Fsp3) is 0. The van der Waals surface area contributed by atoms with Gasteiger partial charge >= 0.3 is 0 Å². The van der Waals surface area contributed by atoms with E-state index < -0.39 is 0 Å². The minimum atomic E-state index is 0.658. The van der Waals surface area contributed by atoms with E-state index in [9.17, 15) is 0 Å². The SMILES string of the molecule is c1ccc(-c2cc(-c3ccc(-c4c(-c5ccccc5-c5cc(-c6ccccc6)nc(-c6ccccc6)n5)cccc4-c4ccccc4-c4cc(-c5ccccc5)nc(-c5ccccc5)n4)cc3)nc(-c3ccccc3)n2)cc1. The Bertz CT molecular complexity index is 3850. The van der Waals surface area contributed by atoms with Gasteiger partial charge in [0.2, 0.25) is 0 Å². The van der Waals surface area contributed by atoms with Crippen molar-refractivity contribution in [3.05, 3.63) is 291 Å². The number of benzene rings is 10. The molecule has 0 aliphatic heterocycles. The van der Waals surface area contributed by atoms with Crippen LogP contribution < -0.4 is 0 Å². The lowest BCUT2D eigenvalue weighted by molar-refractivity contribution is 1.18. The first kappa shape index (κ1) is 47.2. The number of hydrogen-bond donors (Lipinski definition) is 0. The van der Waals surface area contributed by atoms with Gasteiger partial charge in [0, 0.05) is 50.1 Å². The molecule has 0 atom stereocenters. The molecule has 0 radical (unpaired) electrons. The summed E-state index contributed by atoms with van der Waals surface area (Å²) >= 11 is 0. The fourth-order valence-corrected chi connectivity index (χ4v) is 10.2. The molecule has 13 aromatic rings. The van der Waals surface area contributed by atoms with E-state index in [4.69, 9.17) is 29.9 Å². The van der Waals surface area contributed by atoms with Gasteiger partial charge in [-0.25, -0.2) is 29.9 Å². The molecule has 0 saturated heterocycles. The zero-order valence-electron chi connectivity index (χ0n) is 42.4. The van der Waals surface area contributed by atoms with Gasteiger partial charge in [0.05, 0.1) is 34.2 Å². The molecule has 0 fully saturated rings. The molecule has 0 N–H and O–H groups in total. The number of aromatic nitrogens is 6. The van der Waals surface area contributed by atoms with Crippen molar-refractivity contribution < 1.29 is 0 Å². The van der Waals surface area contributed by atoms with Gasteiger partial charge < -0.3 is 0 Å². The Kier molecular flexibility index (Phi) is 12.9. The number of rotatable bonds is 12. The van der Waals surface area contributed by atoms with Crippen molar-refractivity contribution >= 4 is 0 Å². The van der Waals surface area contributed by atoms with Gasteiger partial charge in [-0.3, -0.25) is 0 Å².